The van der Waals surface area contributed by atoms with E-state index in [1.807, 2.05) is 0 Å². The van der Waals surface area contributed by atoms with E-state index in [-0.39, 0.29) is 63.3 Å². The van der Waals surface area contributed by atoms with Crippen LogP contribution in [0.5, 0.6) is 0 Å². The minimum Gasteiger partial charge on any atom is -1.00 e. The Morgan fingerprint density at radius 1 is 0.484 bits per heavy atom. The van der Waals surface area contributed by atoms with Gasteiger partial charge in [-0.05, 0) is 118 Å². The summed E-state index contributed by atoms with van der Waals surface area (Å²) in [5, 5.41) is 13.4. The fourth-order valence-corrected chi connectivity index (χ4v) is 8.15. The van der Waals surface area contributed by atoms with Crippen LogP contribution < -0.4 is 22.3 Å². The first kappa shape index (κ1) is 55.3. The van der Waals surface area contributed by atoms with Crippen molar-refractivity contribution >= 4 is 28.8 Å². The molecule has 4 aromatic carbocycles. The van der Waals surface area contributed by atoms with Gasteiger partial charge < -0.3 is 27.4 Å². The van der Waals surface area contributed by atoms with Crippen molar-refractivity contribution in [3.63, 3.8) is 0 Å². The van der Waals surface area contributed by atoms with Crippen molar-refractivity contribution in [2.75, 3.05) is 13.1 Å². The van der Waals surface area contributed by atoms with E-state index in [2.05, 4.69) is 12.2 Å². The van der Waals surface area contributed by atoms with Gasteiger partial charge in [-0.2, -0.15) is 24.6 Å². The molecule has 0 bridgehead atoms. The van der Waals surface area contributed by atoms with Crippen LogP contribution in [0.25, 0.3) is 0 Å². The first-order chi connectivity index (χ1) is 28.7. The molecule has 0 unspecified atom stereocenters. The molecule has 4 aliphatic rings. The molecule has 3 aliphatic carbocycles. The first-order valence-electron chi connectivity index (χ1n) is 21.9. The van der Waals surface area contributed by atoms with Gasteiger partial charge in [0.1, 0.15) is 34.6 Å². The molecule has 0 atom stereocenters. The quantitative estimate of drug-likeness (QED) is 0.115. The number of benzene rings is 4. The summed E-state index contributed by atoms with van der Waals surface area (Å²) >= 11 is 0. The monoisotopic (exact) mass is 939 g/mol. The minimum absolute atomic E-state index is 0. The van der Waals surface area contributed by atoms with Gasteiger partial charge >= 0.3 is 23.1 Å². The number of hydrogen-bond donors (Lipinski definition) is 2. The molecule has 3 nitrogen and oxygen atoms in total. The SMILES string of the molecule is Fc1ccc(CC2(F)CCCCC2)cc1.Fc1ccc(CC2(F)CCNCC2)cc1.O=C1CCCCC1.OC1(Cc2ccc(F)cc2)CCCCC1.[Br-].[CH2-]c1ccc(F)cc1.[Mg+2]. The van der Waals surface area contributed by atoms with Crippen molar-refractivity contribution < 1.29 is 53.2 Å². The zero-order valence-corrected chi connectivity index (χ0v) is 39.2. The van der Waals surface area contributed by atoms with Crippen LogP contribution >= 0.6 is 0 Å². The molecule has 8 rings (SSSR count). The normalized spacial score (nSPS) is 18.3. The van der Waals surface area contributed by atoms with Crippen molar-refractivity contribution in [2.24, 2.45) is 0 Å². The molecule has 4 fully saturated rings. The molecule has 11 heteroatoms. The number of Topliss-reactive ketones (excluding diaryl/α,β-unsaturated/α-hetero) is 1. The molecule has 0 spiro atoms. The maximum absolute atomic E-state index is 14.3. The Bertz CT molecular complexity index is 1610. The summed E-state index contributed by atoms with van der Waals surface area (Å²) in [5.74, 6) is -0.481. The fraction of sp³-hybridized carbons (Fsp3) is 0.490. The van der Waals surface area contributed by atoms with Gasteiger partial charge in [-0.1, -0.05) is 93.5 Å². The summed E-state index contributed by atoms with van der Waals surface area (Å²) in [6, 6.07) is 24.8. The molecule has 0 aromatic heterocycles. The van der Waals surface area contributed by atoms with Crippen molar-refractivity contribution in [1.29, 1.82) is 0 Å². The maximum atomic E-state index is 14.3. The van der Waals surface area contributed by atoms with E-state index >= 15 is 0 Å². The molecule has 2 N–H and O–H groups in total. The molecule has 0 radical (unpaired) electrons. The van der Waals surface area contributed by atoms with E-state index in [0.717, 1.165) is 106 Å². The van der Waals surface area contributed by atoms with Crippen LogP contribution in [-0.2, 0) is 24.1 Å². The number of nitrogens with one attached hydrogen (secondary N) is 1. The molecule has 4 aromatic rings. The molecule has 1 saturated heterocycles. The van der Waals surface area contributed by atoms with Crippen LogP contribution in [-0.4, -0.2) is 64.0 Å². The van der Waals surface area contributed by atoms with Gasteiger partial charge in [0.05, 0.1) is 11.4 Å². The Hall–Kier alpha value is -2.83. The van der Waals surface area contributed by atoms with Crippen LogP contribution in [0.2, 0.25) is 0 Å². The van der Waals surface area contributed by atoms with Crippen LogP contribution in [0.1, 0.15) is 131 Å². The third kappa shape index (κ3) is 22.2. The Morgan fingerprint density at radius 2 is 0.806 bits per heavy atom. The molecule has 62 heavy (non-hydrogen) atoms. The van der Waals surface area contributed by atoms with Crippen molar-refractivity contribution in [2.45, 2.75) is 145 Å². The van der Waals surface area contributed by atoms with Gasteiger partial charge in [0.25, 0.3) is 0 Å². The van der Waals surface area contributed by atoms with Gasteiger partial charge in [0, 0.05) is 32.1 Å². The van der Waals surface area contributed by atoms with Crippen LogP contribution in [0.4, 0.5) is 26.3 Å². The molecule has 1 aliphatic heterocycles. The summed E-state index contributed by atoms with van der Waals surface area (Å²) in [6.45, 7) is 5.06. The fourth-order valence-electron chi connectivity index (χ4n) is 8.15. The summed E-state index contributed by atoms with van der Waals surface area (Å²) < 4.78 is 78.6. The average molecular weight is 941 g/mol. The van der Waals surface area contributed by atoms with E-state index in [0.29, 0.717) is 50.7 Å². The Morgan fingerprint density at radius 3 is 1.16 bits per heavy atom. The van der Waals surface area contributed by atoms with E-state index in [9.17, 15) is 36.2 Å². The zero-order valence-electron chi connectivity index (χ0n) is 36.2. The van der Waals surface area contributed by atoms with E-state index < -0.39 is 16.9 Å². The molecular formula is C51H64BrF6MgNO2. The predicted octanol–water partition coefficient (Wildman–Crippen LogP) is 9.71. The van der Waals surface area contributed by atoms with E-state index in [1.54, 1.807) is 48.5 Å². The van der Waals surface area contributed by atoms with Crippen molar-refractivity contribution in [3.05, 3.63) is 150 Å². The Kier molecular flexibility index (Phi) is 25.7. The molecule has 0 amide bonds. The zero-order chi connectivity index (χ0) is 43.3. The van der Waals surface area contributed by atoms with Gasteiger partial charge in [-0.3, -0.25) is 4.79 Å². The number of alkyl halides is 2. The van der Waals surface area contributed by atoms with Gasteiger partial charge in [0.2, 0.25) is 0 Å². The van der Waals surface area contributed by atoms with Crippen molar-refractivity contribution in [3.8, 4) is 0 Å². The van der Waals surface area contributed by atoms with Crippen LogP contribution in [0, 0.1) is 30.2 Å². The Balaban J connectivity index is 0.000000272. The van der Waals surface area contributed by atoms with E-state index in [4.69, 9.17) is 0 Å². The predicted molar refractivity (Wildman–Crippen MR) is 236 cm³/mol. The van der Waals surface area contributed by atoms with Gasteiger partial charge in [0.15, 0.2) is 0 Å². The number of carbonyl (C=O) groups excluding carboxylic acids is 1. The largest absolute Gasteiger partial charge is 2.00 e. The second-order valence-corrected chi connectivity index (χ2v) is 17.0. The minimum atomic E-state index is -1.11. The summed E-state index contributed by atoms with van der Waals surface area (Å²) in [7, 11) is 0. The second-order valence-electron chi connectivity index (χ2n) is 17.0. The number of carbonyl (C=O) groups is 1. The number of halogens is 7. The van der Waals surface area contributed by atoms with E-state index in [1.165, 1.54) is 61.4 Å². The number of piperidine rings is 1. The standard InChI is InChI=1S/C13H16F2.C13H17FO.C12H15F2N.C7H6F.C6H10O.BrH.Mg/c2*14-12-6-4-11(5-7-12)10-13(15)8-2-1-3-9-13;13-11-3-1-10(2-4-11)9-12(14)5-7-15-8-6-12;1-6-2-4-7(8)5-3-6;7-6-4-2-1-3-5-6;;/h4-7H,1-3,8-10H2;4-7,15H,1-3,8-10H2;1-4,15H,5-9H2;2-5H,1H2;1-5H2;1H;/q;;;-1;;;+2/p-1. The third-order valence-electron chi connectivity index (χ3n) is 11.7. The first-order valence-corrected chi connectivity index (χ1v) is 21.9. The molecule has 336 valence electrons. The summed E-state index contributed by atoms with van der Waals surface area (Å²) in [5.41, 5.74) is 0.948. The van der Waals surface area contributed by atoms with Crippen molar-refractivity contribution in [1.82, 2.24) is 5.32 Å². The molecular weight excluding hydrogens is 877 g/mol. The second kappa shape index (κ2) is 28.9. The van der Waals surface area contributed by atoms with Crippen LogP contribution in [0.15, 0.2) is 97.1 Å². The smallest absolute Gasteiger partial charge is 1.00 e. The van der Waals surface area contributed by atoms with Gasteiger partial charge in [-0.15, -0.1) is 0 Å². The van der Waals surface area contributed by atoms with Gasteiger partial charge in [-0.25, -0.2) is 26.3 Å². The number of hydrogen-bond acceptors (Lipinski definition) is 3. The average Bonchev–Trinajstić information content (AvgIpc) is 3.23. The molecule has 1 heterocycles. The third-order valence-corrected chi connectivity index (χ3v) is 11.7. The number of rotatable bonds is 6. The summed E-state index contributed by atoms with van der Waals surface area (Å²) in [4.78, 5) is 10.5. The maximum Gasteiger partial charge on any atom is 2.00 e. The number of aliphatic hydroxyl groups is 1. The summed E-state index contributed by atoms with van der Waals surface area (Å²) in [6.07, 6.45) is 17.5. The molecule has 3 saturated carbocycles. The van der Waals surface area contributed by atoms with Crippen LogP contribution in [0.3, 0.4) is 0 Å². The Labute approximate surface area is 393 Å². The number of ketones is 1. The topological polar surface area (TPSA) is 49.3 Å².